The zero-order chi connectivity index (χ0) is 40.7. The van der Waals surface area contributed by atoms with Gasteiger partial charge in [0.2, 0.25) is 5.91 Å². The zero-order valence-corrected chi connectivity index (χ0v) is 32.7. The van der Waals surface area contributed by atoms with Crippen LogP contribution in [-0.2, 0) is 27.4 Å². The Hall–Kier alpha value is -6.68. The quantitative estimate of drug-likeness (QED) is 0.106. The zero-order valence-electron chi connectivity index (χ0n) is 32.7. The number of esters is 1. The molecule has 57 heavy (non-hydrogen) atoms. The van der Waals surface area contributed by atoms with E-state index in [4.69, 9.17) is 25.8 Å². The maximum atomic E-state index is 14.4. The molecule has 0 spiro atoms. The number of amides is 3. The lowest BCUT2D eigenvalue weighted by atomic mass is 10.1. The minimum Gasteiger partial charge on any atom is -0.490 e. The number of rotatable bonds is 11. The molecule has 0 unspecified atom stereocenters. The van der Waals surface area contributed by atoms with Crippen molar-refractivity contribution in [2.75, 3.05) is 25.1 Å². The summed E-state index contributed by atoms with van der Waals surface area (Å²) < 4.78 is 18.4. The van der Waals surface area contributed by atoms with Crippen molar-refractivity contribution in [3.05, 3.63) is 131 Å². The summed E-state index contributed by atoms with van der Waals surface area (Å²) in [5, 5.41) is 3.06. The van der Waals surface area contributed by atoms with Gasteiger partial charge in [-0.1, -0.05) is 36.4 Å². The largest absolute Gasteiger partial charge is 0.490 e. The van der Waals surface area contributed by atoms with Gasteiger partial charge in [-0.3, -0.25) is 9.59 Å². The van der Waals surface area contributed by atoms with Gasteiger partial charge in [0.15, 0.2) is 5.69 Å². The average Bonchev–Trinajstić information content (AvgIpc) is 3.54. The van der Waals surface area contributed by atoms with Crippen LogP contribution in [0.4, 0.5) is 16.2 Å². The second-order valence-electron chi connectivity index (χ2n) is 14.8. The van der Waals surface area contributed by atoms with Crippen molar-refractivity contribution in [1.29, 1.82) is 0 Å². The lowest BCUT2D eigenvalue weighted by Crippen LogP contribution is -2.44. The predicted octanol–water partition coefficient (Wildman–Crippen LogP) is 7.88. The fraction of sp³-hybridized carbons (Fsp3) is 0.318. The van der Waals surface area contributed by atoms with Crippen LogP contribution in [-0.4, -0.2) is 70.2 Å². The Morgan fingerprint density at radius 3 is 2.23 bits per heavy atom. The Morgan fingerprint density at radius 1 is 0.930 bits per heavy atom. The third kappa shape index (κ3) is 9.96. The number of piperidine rings is 1. The number of nitrogens with zero attached hydrogens (tertiary/aromatic N) is 5. The third-order valence-electron chi connectivity index (χ3n) is 9.56. The van der Waals surface area contributed by atoms with Gasteiger partial charge in [-0.2, -0.15) is 0 Å². The Balaban J connectivity index is 1.27. The molecule has 13 heteroatoms. The number of fused-ring (bicyclic) bond motifs is 1. The fourth-order valence-electron chi connectivity index (χ4n) is 6.61. The first-order valence-corrected chi connectivity index (χ1v) is 18.8. The molecule has 5 aromatic rings. The summed E-state index contributed by atoms with van der Waals surface area (Å²) in [5.41, 5.74) is 3.07. The minimum absolute atomic E-state index is 0.0372. The summed E-state index contributed by atoms with van der Waals surface area (Å²) in [5.74, 6) is -0.129. The molecule has 0 radical (unpaired) electrons. The van der Waals surface area contributed by atoms with Crippen LogP contribution in [0, 0.1) is 6.57 Å². The van der Waals surface area contributed by atoms with E-state index in [0.29, 0.717) is 71.0 Å². The number of ether oxygens (including phenoxy) is 3. The van der Waals surface area contributed by atoms with E-state index in [1.165, 1.54) is 19.2 Å². The number of benzene rings is 4. The molecule has 1 atom stereocenters. The highest BCUT2D eigenvalue weighted by molar-refractivity contribution is 6.06. The van der Waals surface area contributed by atoms with Gasteiger partial charge in [0.25, 0.3) is 5.91 Å². The summed E-state index contributed by atoms with van der Waals surface area (Å²) >= 11 is 0. The van der Waals surface area contributed by atoms with E-state index >= 15 is 0 Å². The monoisotopic (exact) mass is 770 g/mol. The Labute approximate surface area is 332 Å². The highest BCUT2D eigenvalue weighted by atomic mass is 16.6. The number of aromatic nitrogens is 2. The van der Waals surface area contributed by atoms with Crippen molar-refractivity contribution in [3.8, 4) is 5.75 Å². The summed E-state index contributed by atoms with van der Waals surface area (Å²) in [4.78, 5) is 64.3. The van der Waals surface area contributed by atoms with Crippen LogP contribution in [0.5, 0.6) is 5.75 Å². The first-order chi connectivity index (χ1) is 27.3. The number of likely N-dealkylation sites (tertiary alicyclic amines) is 1. The van der Waals surface area contributed by atoms with Crippen molar-refractivity contribution in [2.45, 2.75) is 71.4 Å². The molecule has 0 aliphatic carbocycles. The van der Waals surface area contributed by atoms with Crippen LogP contribution in [0.2, 0.25) is 0 Å². The number of hydrogen-bond donors (Lipinski definition) is 1. The van der Waals surface area contributed by atoms with Gasteiger partial charge >= 0.3 is 12.1 Å². The molecular formula is C44H46N6O7. The van der Waals surface area contributed by atoms with Crippen LogP contribution in [0.25, 0.3) is 15.9 Å². The molecule has 294 valence electrons. The van der Waals surface area contributed by atoms with Gasteiger partial charge < -0.3 is 33.9 Å². The number of carbonyl (C=O) groups excluding carboxylic acids is 4. The number of hydrogen-bond acceptors (Lipinski definition) is 8. The normalized spacial score (nSPS) is 13.6. The smallest absolute Gasteiger partial charge is 0.410 e. The van der Waals surface area contributed by atoms with Crippen molar-refractivity contribution in [2.24, 2.45) is 0 Å². The Kier molecular flexibility index (Phi) is 12.2. The standard InChI is InChI=1S/C44H46N6O7/c1-29(30-10-8-7-9-11-30)46-40(51)28-50-38-21-16-33(45-5)26-37(38)47-39(50)27-49(41(52)31-12-14-32(15-13-31)42(53)55-6)34-17-19-35(20-18-34)56-36-22-24-48(25-23-36)43(54)57-44(2,3)4/h7-21,26,29,36H,22-25,27-28H2,1-4,6H3,(H,46,51)/t29-/m0/s1. The van der Waals surface area contributed by atoms with Crippen molar-refractivity contribution >= 4 is 46.3 Å². The van der Waals surface area contributed by atoms with Crippen LogP contribution in [0.15, 0.2) is 97.1 Å². The average molecular weight is 771 g/mol. The number of anilines is 1. The first kappa shape index (κ1) is 40.0. The van der Waals surface area contributed by atoms with Crippen molar-refractivity contribution in [3.63, 3.8) is 0 Å². The maximum Gasteiger partial charge on any atom is 0.410 e. The number of nitrogens with one attached hydrogen (secondary N) is 1. The molecule has 4 aromatic carbocycles. The molecular weight excluding hydrogens is 725 g/mol. The van der Waals surface area contributed by atoms with Crippen LogP contribution < -0.4 is 15.0 Å². The topological polar surface area (TPSA) is 137 Å². The number of methoxy groups -OCH3 is 1. The van der Waals surface area contributed by atoms with Gasteiger partial charge in [0, 0.05) is 37.2 Å². The lowest BCUT2D eigenvalue weighted by molar-refractivity contribution is -0.122. The van der Waals surface area contributed by atoms with Gasteiger partial charge in [0.05, 0.1) is 42.9 Å². The van der Waals surface area contributed by atoms with E-state index in [1.807, 2.05) is 58.0 Å². The highest BCUT2D eigenvalue weighted by Crippen LogP contribution is 2.29. The van der Waals surface area contributed by atoms with Gasteiger partial charge in [-0.25, -0.2) is 19.4 Å². The second-order valence-corrected chi connectivity index (χ2v) is 14.8. The number of carbonyl (C=O) groups is 4. The molecule has 1 aliphatic rings. The van der Waals surface area contributed by atoms with Crippen molar-refractivity contribution < 1.29 is 33.4 Å². The molecule has 6 rings (SSSR count). The lowest BCUT2D eigenvalue weighted by Gasteiger charge is -2.33. The van der Waals surface area contributed by atoms with Crippen molar-refractivity contribution in [1.82, 2.24) is 19.8 Å². The van der Waals surface area contributed by atoms with E-state index in [2.05, 4.69) is 10.2 Å². The molecule has 1 N–H and O–H groups in total. The molecule has 1 aliphatic heterocycles. The van der Waals surface area contributed by atoms with E-state index in [1.54, 1.807) is 69.0 Å². The molecule has 1 aromatic heterocycles. The van der Waals surface area contributed by atoms with E-state index in [9.17, 15) is 19.2 Å². The molecule has 3 amide bonds. The second kappa shape index (κ2) is 17.4. The molecule has 13 nitrogen and oxygen atoms in total. The Morgan fingerprint density at radius 2 is 1.60 bits per heavy atom. The molecule has 1 fully saturated rings. The van der Waals surface area contributed by atoms with Crippen LogP contribution in [0.1, 0.15) is 78.7 Å². The predicted molar refractivity (Wildman–Crippen MR) is 215 cm³/mol. The SMILES string of the molecule is [C-]#[N+]c1ccc2c(c1)nc(CN(C(=O)c1ccc(C(=O)OC)cc1)c1ccc(OC3CCN(C(=O)OC(C)(C)C)CC3)cc1)n2CC(=O)N[C@@H](C)c1ccccc1. The van der Waals surface area contributed by atoms with Crippen LogP contribution >= 0.6 is 0 Å². The number of imidazole rings is 1. The minimum atomic E-state index is -0.571. The molecule has 2 heterocycles. The van der Waals surface area contributed by atoms with E-state index in [0.717, 1.165) is 5.56 Å². The molecule has 0 bridgehead atoms. The summed E-state index contributed by atoms with van der Waals surface area (Å²) in [6.45, 7) is 15.9. The fourth-order valence-corrected chi connectivity index (χ4v) is 6.61. The first-order valence-electron chi connectivity index (χ1n) is 18.8. The molecule has 1 saturated heterocycles. The van der Waals surface area contributed by atoms with E-state index < -0.39 is 11.6 Å². The molecule has 0 saturated carbocycles. The highest BCUT2D eigenvalue weighted by Gasteiger charge is 2.28. The van der Waals surface area contributed by atoms with E-state index in [-0.39, 0.29) is 43.1 Å². The van der Waals surface area contributed by atoms with Crippen LogP contribution in [0.3, 0.4) is 0 Å². The van der Waals surface area contributed by atoms with Gasteiger partial charge in [0.1, 0.15) is 29.8 Å². The summed E-state index contributed by atoms with van der Waals surface area (Å²) in [7, 11) is 1.29. The summed E-state index contributed by atoms with van der Waals surface area (Å²) in [6.07, 6.45) is 0.821. The van der Waals surface area contributed by atoms with Gasteiger partial charge in [-0.15, -0.1) is 0 Å². The summed E-state index contributed by atoms with van der Waals surface area (Å²) in [6, 6.07) is 27.8. The van der Waals surface area contributed by atoms with Gasteiger partial charge in [-0.05, 0) is 93.9 Å². The Bertz CT molecular complexity index is 2270. The maximum absolute atomic E-state index is 14.4. The third-order valence-corrected chi connectivity index (χ3v) is 9.56.